The van der Waals surface area contributed by atoms with Gasteiger partial charge in [0.2, 0.25) is 5.91 Å². The lowest BCUT2D eigenvalue weighted by Gasteiger charge is -2.30. The van der Waals surface area contributed by atoms with Crippen LogP contribution < -0.4 is 5.32 Å². The largest absolute Gasteiger partial charge is 0.325 e. The summed E-state index contributed by atoms with van der Waals surface area (Å²) in [5.74, 6) is -3.33. The number of ketones is 1. The fraction of sp³-hybridized carbons (Fsp3) is 0.304. The highest BCUT2D eigenvalue weighted by molar-refractivity contribution is 6.21. The molecule has 1 fully saturated rings. The van der Waals surface area contributed by atoms with E-state index in [0.717, 1.165) is 23.1 Å². The number of hydrogen-bond donors (Lipinski definition) is 1. The van der Waals surface area contributed by atoms with Crippen LogP contribution in [0.25, 0.3) is 0 Å². The molecule has 1 N–H and O–H groups in total. The third-order valence-electron chi connectivity index (χ3n) is 5.89. The molecule has 166 valence electrons. The minimum absolute atomic E-state index is 0.0824. The van der Waals surface area contributed by atoms with Crippen molar-refractivity contribution < 1.29 is 28.0 Å². The van der Waals surface area contributed by atoms with E-state index < -0.39 is 29.2 Å². The van der Waals surface area contributed by atoms with Gasteiger partial charge in [-0.1, -0.05) is 0 Å². The van der Waals surface area contributed by atoms with Gasteiger partial charge in [0.05, 0.1) is 23.2 Å². The number of carbonyl (C=O) groups is 4. The summed E-state index contributed by atoms with van der Waals surface area (Å²) in [6.07, 6.45) is 0.869. The van der Waals surface area contributed by atoms with Gasteiger partial charge in [-0.25, -0.2) is 8.78 Å². The maximum Gasteiger partial charge on any atom is 0.261 e. The molecule has 0 aromatic heterocycles. The number of rotatable bonds is 5. The monoisotopic (exact) mass is 441 g/mol. The summed E-state index contributed by atoms with van der Waals surface area (Å²) < 4.78 is 27.3. The van der Waals surface area contributed by atoms with Gasteiger partial charge in [-0.3, -0.25) is 29.0 Å². The zero-order valence-corrected chi connectivity index (χ0v) is 17.4. The second-order valence-corrected chi connectivity index (χ2v) is 8.02. The van der Waals surface area contributed by atoms with Crippen LogP contribution in [0.5, 0.6) is 0 Å². The van der Waals surface area contributed by atoms with Crippen LogP contribution in [-0.2, 0) is 4.79 Å². The van der Waals surface area contributed by atoms with E-state index in [1.807, 2.05) is 4.90 Å². The number of amides is 3. The lowest BCUT2D eigenvalue weighted by molar-refractivity contribution is -0.117. The second kappa shape index (κ2) is 8.58. The molecular weight excluding hydrogens is 420 g/mol. The van der Waals surface area contributed by atoms with E-state index in [-0.39, 0.29) is 29.5 Å². The Morgan fingerprint density at radius 3 is 2.41 bits per heavy atom. The molecule has 0 bridgehead atoms. The summed E-state index contributed by atoms with van der Waals surface area (Å²) in [6.45, 7) is 1.00. The molecule has 2 heterocycles. The Kier molecular flexibility index (Phi) is 5.84. The van der Waals surface area contributed by atoms with Gasteiger partial charge < -0.3 is 5.32 Å². The first-order valence-corrected chi connectivity index (χ1v) is 10.2. The number of fused-ring (bicyclic) bond motifs is 1. The van der Waals surface area contributed by atoms with Gasteiger partial charge in [-0.2, -0.15) is 0 Å². The van der Waals surface area contributed by atoms with Crippen molar-refractivity contribution in [2.75, 3.05) is 32.0 Å². The molecule has 2 aliphatic heterocycles. The molecule has 2 aliphatic rings. The van der Waals surface area contributed by atoms with Gasteiger partial charge in [0.15, 0.2) is 5.78 Å². The summed E-state index contributed by atoms with van der Waals surface area (Å²) in [7, 11) is 1.40. The topological polar surface area (TPSA) is 86.8 Å². The van der Waals surface area contributed by atoms with Crippen LogP contribution in [-0.4, -0.2) is 60.0 Å². The summed E-state index contributed by atoms with van der Waals surface area (Å²) in [5.41, 5.74) is 0.726. The highest BCUT2D eigenvalue weighted by Crippen LogP contribution is 2.26. The fourth-order valence-electron chi connectivity index (χ4n) is 4.10. The number of halogens is 2. The Morgan fingerprint density at radius 2 is 1.69 bits per heavy atom. The lowest BCUT2D eigenvalue weighted by atomic mass is 9.88. The zero-order chi connectivity index (χ0) is 23.0. The lowest BCUT2D eigenvalue weighted by Crippen LogP contribution is -2.40. The smallest absolute Gasteiger partial charge is 0.261 e. The highest BCUT2D eigenvalue weighted by Gasteiger charge is 2.33. The molecular formula is C23H21F2N3O4. The van der Waals surface area contributed by atoms with Gasteiger partial charge >= 0.3 is 0 Å². The van der Waals surface area contributed by atoms with Crippen LogP contribution in [0.1, 0.15) is 43.9 Å². The van der Waals surface area contributed by atoms with E-state index in [4.69, 9.17) is 0 Å². The van der Waals surface area contributed by atoms with Crippen LogP contribution in [0.15, 0.2) is 36.4 Å². The fourth-order valence-corrected chi connectivity index (χ4v) is 4.10. The molecule has 0 radical (unpaired) electrons. The number of benzene rings is 2. The number of hydrogen-bond acceptors (Lipinski definition) is 5. The van der Waals surface area contributed by atoms with Gasteiger partial charge in [0.25, 0.3) is 11.8 Å². The number of nitrogens with zero attached hydrogens (tertiary/aromatic N) is 2. The van der Waals surface area contributed by atoms with E-state index in [1.54, 1.807) is 6.07 Å². The number of carbonyl (C=O) groups excluding carboxylic acids is 4. The number of piperidine rings is 1. The van der Waals surface area contributed by atoms with Crippen LogP contribution in [0, 0.1) is 17.6 Å². The predicted molar refractivity (Wildman–Crippen MR) is 111 cm³/mol. The Bertz CT molecular complexity index is 1130. The average molecular weight is 441 g/mol. The molecule has 0 spiro atoms. The predicted octanol–water partition coefficient (Wildman–Crippen LogP) is 2.72. The van der Waals surface area contributed by atoms with E-state index in [9.17, 15) is 28.0 Å². The van der Waals surface area contributed by atoms with E-state index >= 15 is 0 Å². The highest BCUT2D eigenvalue weighted by atomic mass is 19.1. The standard InChI is InChI=1S/C23H21F2N3O4/c1-27-22(31)16-4-3-15(11-17(16)23(27)32)26-20(29)12-28-8-6-13(7-9-28)21(30)18-10-14(24)2-5-19(18)25/h2-5,10-11,13H,6-9,12H2,1H3,(H,26,29). The van der Waals surface area contributed by atoms with Gasteiger partial charge in [-0.05, 0) is 62.3 Å². The third-order valence-corrected chi connectivity index (χ3v) is 5.89. The number of anilines is 1. The summed E-state index contributed by atoms with van der Waals surface area (Å²) in [6, 6.07) is 7.40. The molecule has 3 amide bonds. The van der Waals surface area contributed by atoms with Crippen LogP contribution in [0.4, 0.5) is 14.5 Å². The first kappa shape index (κ1) is 21.8. The normalized spacial score (nSPS) is 16.9. The minimum atomic E-state index is -0.737. The molecule has 0 unspecified atom stereocenters. The molecule has 0 saturated carbocycles. The van der Waals surface area contributed by atoms with Crippen molar-refractivity contribution in [1.29, 1.82) is 0 Å². The molecule has 7 nitrogen and oxygen atoms in total. The number of nitrogens with one attached hydrogen (secondary N) is 1. The van der Waals surface area contributed by atoms with Crippen LogP contribution in [0.3, 0.4) is 0 Å². The number of likely N-dealkylation sites (tertiary alicyclic amines) is 1. The molecule has 2 aromatic rings. The molecule has 32 heavy (non-hydrogen) atoms. The molecule has 9 heteroatoms. The van der Waals surface area contributed by atoms with Crippen LogP contribution in [0.2, 0.25) is 0 Å². The van der Waals surface area contributed by atoms with Crippen molar-refractivity contribution in [3.63, 3.8) is 0 Å². The van der Waals surface area contributed by atoms with Crippen molar-refractivity contribution in [2.45, 2.75) is 12.8 Å². The minimum Gasteiger partial charge on any atom is -0.325 e. The van der Waals surface area contributed by atoms with Gasteiger partial charge in [0.1, 0.15) is 11.6 Å². The number of Topliss-reactive ketones (excluding diaryl/α,β-unsaturated/α-hetero) is 1. The SMILES string of the molecule is CN1C(=O)c2ccc(NC(=O)CN3CCC(C(=O)c4cc(F)ccc4F)CC3)cc2C1=O. The maximum atomic E-state index is 13.9. The summed E-state index contributed by atoms with van der Waals surface area (Å²) >= 11 is 0. The Balaban J connectivity index is 1.32. The first-order valence-electron chi connectivity index (χ1n) is 10.2. The van der Waals surface area contributed by atoms with Crippen molar-refractivity contribution in [2.24, 2.45) is 5.92 Å². The van der Waals surface area contributed by atoms with E-state index in [2.05, 4.69) is 5.32 Å². The third kappa shape index (κ3) is 4.16. The molecule has 1 saturated heterocycles. The van der Waals surface area contributed by atoms with Gasteiger partial charge in [0, 0.05) is 18.7 Å². The second-order valence-electron chi connectivity index (χ2n) is 8.02. The van der Waals surface area contributed by atoms with Crippen molar-refractivity contribution >= 4 is 29.2 Å². The van der Waals surface area contributed by atoms with Crippen molar-refractivity contribution in [3.8, 4) is 0 Å². The average Bonchev–Trinajstić information content (AvgIpc) is 2.99. The van der Waals surface area contributed by atoms with E-state index in [0.29, 0.717) is 37.2 Å². The van der Waals surface area contributed by atoms with Crippen LogP contribution >= 0.6 is 0 Å². The zero-order valence-electron chi connectivity index (χ0n) is 17.4. The molecule has 0 aliphatic carbocycles. The number of imide groups is 1. The van der Waals surface area contributed by atoms with E-state index in [1.165, 1.54) is 19.2 Å². The summed E-state index contributed by atoms with van der Waals surface area (Å²) in [5, 5.41) is 2.72. The van der Waals surface area contributed by atoms with Crippen molar-refractivity contribution in [1.82, 2.24) is 9.80 Å². The maximum absolute atomic E-state index is 13.9. The molecule has 2 aromatic carbocycles. The molecule has 4 rings (SSSR count). The molecule has 0 atom stereocenters. The first-order chi connectivity index (χ1) is 15.2. The van der Waals surface area contributed by atoms with Gasteiger partial charge in [-0.15, -0.1) is 0 Å². The Labute approximate surface area is 183 Å². The Morgan fingerprint density at radius 1 is 1.00 bits per heavy atom. The Hall–Kier alpha value is -3.46. The summed E-state index contributed by atoms with van der Waals surface area (Å²) in [4.78, 5) is 51.9. The quantitative estimate of drug-likeness (QED) is 0.570. The van der Waals surface area contributed by atoms with Crippen molar-refractivity contribution in [3.05, 3.63) is 64.7 Å².